The van der Waals surface area contributed by atoms with Crippen LogP contribution in [0.25, 0.3) is 6.08 Å². The Labute approximate surface area is 69.5 Å². The molecular formula is C7H9N3O2. The Bertz CT molecular complexity index is 303. The smallest absolute Gasteiger partial charge is 0.236 e. The van der Waals surface area contributed by atoms with Crippen LogP contribution in [0.2, 0.25) is 0 Å². The van der Waals surface area contributed by atoms with E-state index in [0.717, 1.165) is 12.7 Å². The molecule has 0 aliphatic rings. The standard InChI is InChI=1S/C7H9N3O2/c1-2-9-5-3-7(8-9)4-6-10(11)12/h3-6H,2H2,1H3. The quantitative estimate of drug-likeness (QED) is 0.501. The van der Waals surface area contributed by atoms with E-state index in [2.05, 4.69) is 5.10 Å². The highest BCUT2D eigenvalue weighted by molar-refractivity contribution is 5.41. The number of rotatable bonds is 3. The number of hydrogen-bond acceptors (Lipinski definition) is 3. The SMILES string of the molecule is CCn1ccc(C=C[N+](=O)[O-])n1. The predicted molar refractivity (Wildman–Crippen MR) is 43.9 cm³/mol. The lowest BCUT2D eigenvalue weighted by molar-refractivity contribution is -0.401. The molecule has 12 heavy (non-hydrogen) atoms. The van der Waals surface area contributed by atoms with E-state index in [0.29, 0.717) is 5.69 Å². The second-order valence-electron chi connectivity index (χ2n) is 2.20. The van der Waals surface area contributed by atoms with Gasteiger partial charge in [-0.3, -0.25) is 14.8 Å². The molecule has 0 aliphatic heterocycles. The Hall–Kier alpha value is -1.65. The maximum absolute atomic E-state index is 9.93. The number of aryl methyl sites for hydroxylation is 1. The van der Waals surface area contributed by atoms with Gasteiger partial charge < -0.3 is 0 Å². The van der Waals surface area contributed by atoms with Crippen molar-refractivity contribution >= 4 is 6.08 Å². The molecule has 0 atom stereocenters. The zero-order valence-electron chi connectivity index (χ0n) is 6.67. The molecule has 0 bridgehead atoms. The molecule has 0 aliphatic carbocycles. The number of hydrogen-bond donors (Lipinski definition) is 0. The minimum Gasteiger partial charge on any atom is -0.272 e. The van der Waals surface area contributed by atoms with Crippen LogP contribution in [0.4, 0.5) is 0 Å². The second-order valence-corrected chi connectivity index (χ2v) is 2.20. The third kappa shape index (κ3) is 2.19. The van der Waals surface area contributed by atoms with E-state index in [9.17, 15) is 10.1 Å². The van der Waals surface area contributed by atoms with Crippen molar-refractivity contribution in [1.29, 1.82) is 0 Å². The van der Waals surface area contributed by atoms with Crippen LogP contribution in [0, 0.1) is 10.1 Å². The third-order valence-corrected chi connectivity index (χ3v) is 1.35. The maximum Gasteiger partial charge on any atom is 0.236 e. The van der Waals surface area contributed by atoms with Crippen molar-refractivity contribution in [3.05, 3.63) is 34.3 Å². The lowest BCUT2D eigenvalue weighted by Gasteiger charge is -1.89. The van der Waals surface area contributed by atoms with Gasteiger partial charge in [-0.2, -0.15) is 5.10 Å². The summed E-state index contributed by atoms with van der Waals surface area (Å²) in [5.74, 6) is 0. The van der Waals surface area contributed by atoms with Gasteiger partial charge in [0.25, 0.3) is 0 Å². The highest BCUT2D eigenvalue weighted by atomic mass is 16.6. The molecule has 5 nitrogen and oxygen atoms in total. The largest absolute Gasteiger partial charge is 0.272 e. The van der Waals surface area contributed by atoms with Gasteiger partial charge >= 0.3 is 0 Å². The summed E-state index contributed by atoms with van der Waals surface area (Å²) in [4.78, 5) is 9.42. The van der Waals surface area contributed by atoms with Crippen molar-refractivity contribution in [1.82, 2.24) is 9.78 Å². The van der Waals surface area contributed by atoms with Gasteiger partial charge in [0.05, 0.1) is 10.6 Å². The van der Waals surface area contributed by atoms with Crippen LogP contribution in [0.1, 0.15) is 12.6 Å². The average Bonchev–Trinajstić information content (AvgIpc) is 2.48. The fourth-order valence-electron chi connectivity index (χ4n) is 0.780. The van der Waals surface area contributed by atoms with Crippen LogP contribution < -0.4 is 0 Å². The van der Waals surface area contributed by atoms with E-state index in [1.165, 1.54) is 6.08 Å². The number of nitro groups is 1. The summed E-state index contributed by atoms with van der Waals surface area (Å²) in [6.45, 7) is 2.72. The molecule has 1 heterocycles. The minimum atomic E-state index is -0.509. The highest BCUT2D eigenvalue weighted by Gasteiger charge is 1.94. The van der Waals surface area contributed by atoms with Crippen molar-refractivity contribution in [2.24, 2.45) is 0 Å². The van der Waals surface area contributed by atoms with E-state index in [4.69, 9.17) is 0 Å². The first-order valence-electron chi connectivity index (χ1n) is 3.57. The fourth-order valence-corrected chi connectivity index (χ4v) is 0.780. The molecule has 64 valence electrons. The van der Waals surface area contributed by atoms with Gasteiger partial charge in [0.15, 0.2) is 0 Å². The summed E-state index contributed by atoms with van der Waals surface area (Å²) in [5, 5.41) is 14.0. The minimum absolute atomic E-state index is 0.509. The topological polar surface area (TPSA) is 61.0 Å². The van der Waals surface area contributed by atoms with Gasteiger partial charge in [0.2, 0.25) is 6.20 Å². The van der Waals surface area contributed by atoms with Crippen molar-refractivity contribution in [3.8, 4) is 0 Å². The summed E-state index contributed by atoms with van der Waals surface area (Å²) in [6, 6.07) is 1.73. The number of aromatic nitrogens is 2. The lowest BCUT2D eigenvalue weighted by Crippen LogP contribution is -1.93. The Balaban J connectivity index is 2.70. The van der Waals surface area contributed by atoms with Gasteiger partial charge in [-0.25, -0.2) is 0 Å². The van der Waals surface area contributed by atoms with Crippen LogP contribution in [-0.2, 0) is 6.54 Å². The number of nitrogens with zero attached hydrogens (tertiary/aromatic N) is 3. The Kier molecular flexibility index (Phi) is 2.57. The van der Waals surface area contributed by atoms with Gasteiger partial charge in [0.1, 0.15) is 0 Å². The first kappa shape index (κ1) is 8.45. The van der Waals surface area contributed by atoms with Crippen molar-refractivity contribution < 1.29 is 4.92 Å². The van der Waals surface area contributed by atoms with E-state index in [1.54, 1.807) is 16.9 Å². The zero-order chi connectivity index (χ0) is 8.97. The van der Waals surface area contributed by atoms with E-state index < -0.39 is 4.92 Å². The van der Waals surface area contributed by atoms with Crippen molar-refractivity contribution in [2.75, 3.05) is 0 Å². The molecule has 0 N–H and O–H groups in total. The molecule has 0 unspecified atom stereocenters. The molecule has 0 saturated carbocycles. The fraction of sp³-hybridized carbons (Fsp3) is 0.286. The molecule has 1 aromatic rings. The molecule has 0 fully saturated rings. The van der Waals surface area contributed by atoms with Gasteiger partial charge in [-0.1, -0.05) is 0 Å². The molecule has 0 amide bonds. The van der Waals surface area contributed by atoms with Gasteiger partial charge in [-0.05, 0) is 13.0 Å². The van der Waals surface area contributed by atoms with Crippen LogP contribution in [-0.4, -0.2) is 14.7 Å². The van der Waals surface area contributed by atoms with E-state index in [1.807, 2.05) is 6.92 Å². The summed E-state index contributed by atoms with van der Waals surface area (Å²) >= 11 is 0. The summed E-state index contributed by atoms with van der Waals surface area (Å²) in [6.07, 6.45) is 4.02. The summed E-state index contributed by atoms with van der Waals surface area (Å²) in [7, 11) is 0. The van der Waals surface area contributed by atoms with Crippen LogP contribution in [0.3, 0.4) is 0 Å². The van der Waals surface area contributed by atoms with Gasteiger partial charge in [-0.15, -0.1) is 0 Å². The van der Waals surface area contributed by atoms with Crippen LogP contribution >= 0.6 is 0 Å². The van der Waals surface area contributed by atoms with E-state index >= 15 is 0 Å². The lowest BCUT2D eigenvalue weighted by atomic mass is 10.4. The first-order chi connectivity index (χ1) is 5.72. The Morgan fingerprint density at radius 2 is 2.58 bits per heavy atom. The Morgan fingerprint density at radius 3 is 3.08 bits per heavy atom. The molecule has 0 aromatic carbocycles. The predicted octanol–water partition coefficient (Wildman–Crippen LogP) is 1.15. The first-order valence-corrected chi connectivity index (χ1v) is 3.57. The maximum atomic E-state index is 9.93. The van der Waals surface area contributed by atoms with E-state index in [-0.39, 0.29) is 0 Å². The molecule has 0 saturated heterocycles. The Morgan fingerprint density at radius 1 is 1.83 bits per heavy atom. The third-order valence-electron chi connectivity index (χ3n) is 1.35. The average molecular weight is 167 g/mol. The summed E-state index contributed by atoms with van der Waals surface area (Å²) < 4.78 is 1.71. The zero-order valence-corrected chi connectivity index (χ0v) is 6.67. The molecule has 1 aromatic heterocycles. The monoisotopic (exact) mass is 167 g/mol. The summed E-state index contributed by atoms with van der Waals surface area (Å²) in [5.41, 5.74) is 0.605. The second kappa shape index (κ2) is 3.66. The molecular weight excluding hydrogens is 158 g/mol. The molecule has 1 rings (SSSR count). The molecule has 5 heteroatoms. The molecule has 0 spiro atoms. The molecule has 0 radical (unpaired) electrons. The normalized spacial score (nSPS) is 10.8. The van der Waals surface area contributed by atoms with Crippen molar-refractivity contribution in [2.45, 2.75) is 13.5 Å². The highest BCUT2D eigenvalue weighted by Crippen LogP contribution is 1.97. The van der Waals surface area contributed by atoms with Crippen LogP contribution in [0.15, 0.2) is 18.5 Å². The van der Waals surface area contributed by atoms with Crippen molar-refractivity contribution in [3.63, 3.8) is 0 Å². The van der Waals surface area contributed by atoms with Crippen LogP contribution in [0.5, 0.6) is 0 Å². The van der Waals surface area contributed by atoms with Gasteiger partial charge in [0, 0.05) is 18.8 Å².